The van der Waals surface area contributed by atoms with Crippen molar-refractivity contribution in [2.45, 2.75) is 105 Å². The van der Waals surface area contributed by atoms with Crippen LogP contribution in [0.1, 0.15) is 129 Å². The molecule has 0 amide bonds. The Hall–Kier alpha value is -8.15. The quantitative estimate of drug-likeness (QED) is 0.109. The highest BCUT2D eigenvalue weighted by Gasteiger charge is 2.56. The van der Waals surface area contributed by atoms with Crippen molar-refractivity contribution in [2.24, 2.45) is 14.1 Å². The zero-order chi connectivity index (χ0) is 54.3. The first-order valence-corrected chi connectivity index (χ1v) is 28.4. The average molecular weight is 1020 g/mol. The fourth-order valence-corrected chi connectivity index (χ4v) is 13.3. The maximum Gasteiger partial charge on any atom is 0.296 e. The minimum atomic E-state index is -0.799. The van der Waals surface area contributed by atoms with Crippen molar-refractivity contribution in [3.8, 4) is 56.5 Å². The zero-order valence-electron chi connectivity index (χ0n) is 47.7. The van der Waals surface area contributed by atoms with Crippen molar-refractivity contribution in [1.29, 1.82) is 0 Å². The maximum atomic E-state index is 2.79. The zero-order valence-corrected chi connectivity index (χ0v) is 47.7. The largest absolute Gasteiger partial charge is 0.296 e. The normalized spacial score (nSPS) is 14.2. The van der Waals surface area contributed by atoms with Gasteiger partial charge in [0.1, 0.15) is 18.4 Å². The topological polar surface area (TPSA) is 21.5 Å². The van der Waals surface area contributed by atoms with E-state index in [0.717, 1.165) is 5.82 Å². The van der Waals surface area contributed by atoms with Gasteiger partial charge in [0.05, 0.1) is 23.7 Å². The van der Waals surface area contributed by atoms with Crippen LogP contribution in [0.25, 0.3) is 78.6 Å². The van der Waals surface area contributed by atoms with Gasteiger partial charge >= 0.3 is 0 Å². The van der Waals surface area contributed by atoms with Gasteiger partial charge in [-0.25, -0.2) is 13.7 Å². The minimum absolute atomic E-state index is 0.290. The van der Waals surface area contributed by atoms with Crippen LogP contribution in [0.3, 0.4) is 0 Å². The molecule has 1 unspecified atom stereocenters. The molecule has 5 heteroatoms. The van der Waals surface area contributed by atoms with Gasteiger partial charge in [0, 0.05) is 51.4 Å². The minimum Gasteiger partial charge on any atom is -0.225 e. The summed E-state index contributed by atoms with van der Waals surface area (Å²) in [6.07, 6.45) is 2.97. The monoisotopic (exact) mass is 1020 g/mol. The first kappa shape index (κ1) is 50.7. The second-order valence-corrected chi connectivity index (χ2v) is 23.4. The Morgan fingerprint density at radius 3 is 1.46 bits per heavy atom. The smallest absolute Gasteiger partial charge is 0.225 e. The molecule has 11 aromatic rings. The molecule has 5 nitrogen and oxygen atoms in total. The third-order valence-electron chi connectivity index (χ3n) is 17.2. The number of aromatic nitrogens is 5. The molecule has 0 aliphatic carbocycles. The maximum absolute atomic E-state index is 2.79. The van der Waals surface area contributed by atoms with Crippen LogP contribution in [-0.4, -0.2) is 9.13 Å². The molecule has 0 saturated carbocycles. The second kappa shape index (κ2) is 19.7. The number of hydrogen-bond acceptors (Lipinski definition) is 0. The number of pyridine rings is 1. The number of fused-ring (bicyclic) bond motifs is 6. The number of para-hydroxylation sites is 6. The van der Waals surface area contributed by atoms with Gasteiger partial charge in [-0.05, 0) is 102 Å². The third-order valence-corrected chi connectivity index (χ3v) is 17.2. The van der Waals surface area contributed by atoms with E-state index in [1.54, 1.807) is 0 Å². The Morgan fingerprint density at radius 2 is 0.897 bits per heavy atom. The van der Waals surface area contributed by atoms with Crippen molar-refractivity contribution in [1.82, 2.24) is 9.13 Å². The summed E-state index contributed by atoms with van der Waals surface area (Å²) in [4.78, 5) is 0. The van der Waals surface area contributed by atoms with Crippen molar-refractivity contribution < 1.29 is 13.7 Å². The van der Waals surface area contributed by atoms with E-state index in [4.69, 9.17) is 0 Å². The lowest BCUT2D eigenvalue weighted by molar-refractivity contribution is -0.704. The van der Waals surface area contributed by atoms with E-state index in [2.05, 4.69) is 300 Å². The van der Waals surface area contributed by atoms with E-state index in [1.807, 2.05) is 0 Å². The van der Waals surface area contributed by atoms with Crippen molar-refractivity contribution in [3.63, 3.8) is 0 Å². The van der Waals surface area contributed by atoms with E-state index in [9.17, 15) is 0 Å². The van der Waals surface area contributed by atoms with E-state index in [-0.39, 0.29) is 0 Å². The molecule has 3 aromatic heterocycles. The molecule has 388 valence electrons. The predicted octanol–water partition coefficient (Wildman–Crippen LogP) is 16.6. The van der Waals surface area contributed by atoms with Gasteiger partial charge in [-0.2, -0.15) is 9.13 Å². The molecule has 1 atom stereocenters. The van der Waals surface area contributed by atoms with Crippen molar-refractivity contribution in [3.05, 3.63) is 244 Å². The molecule has 0 N–H and O–H groups in total. The number of hydrogen-bond donors (Lipinski definition) is 0. The van der Waals surface area contributed by atoms with Crippen LogP contribution in [0.5, 0.6) is 0 Å². The summed E-state index contributed by atoms with van der Waals surface area (Å²) in [6, 6.07) is 71.7. The molecule has 0 bridgehead atoms. The Kier molecular flexibility index (Phi) is 12.8. The van der Waals surface area contributed by atoms with Gasteiger partial charge in [-0.3, -0.25) is 0 Å². The van der Waals surface area contributed by atoms with Gasteiger partial charge in [0.25, 0.3) is 11.6 Å². The molecule has 0 radical (unpaired) electrons. The molecule has 0 spiro atoms. The lowest BCUT2D eigenvalue weighted by atomic mass is 9.74. The number of rotatable bonds is 12. The lowest BCUT2D eigenvalue weighted by Gasteiger charge is -2.32. The Balaban J connectivity index is 1.28. The highest BCUT2D eigenvalue weighted by Crippen LogP contribution is 2.52. The molecular formula is C73H74N5+3. The SMILES string of the molecule is Cc1cc(-c2cc(-c3ccccc3)ccc2CC2(c3ccccc3-c3n(-c4c(C(C)C)cccc4C(C)C)c4ccccc4[n+]3C)c3ccccc3-c3n(-c4c(C(C)C)cccc4C(C)C)c4ccccc4[n+]32)[n+](C)cc1C. The van der Waals surface area contributed by atoms with Crippen LogP contribution >= 0.6 is 0 Å². The highest BCUT2D eigenvalue weighted by atomic mass is 15.2. The van der Waals surface area contributed by atoms with E-state index >= 15 is 0 Å². The summed E-state index contributed by atoms with van der Waals surface area (Å²) < 4.78 is 12.9. The van der Waals surface area contributed by atoms with Gasteiger partial charge < -0.3 is 0 Å². The van der Waals surface area contributed by atoms with Crippen LogP contribution in [0, 0.1) is 13.8 Å². The fraction of sp³-hybridized carbons (Fsp3) is 0.247. The first-order valence-electron chi connectivity index (χ1n) is 28.4. The molecule has 0 fully saturated rings. The molecule has 4 heterocycles. The number of imidazole rings is 2. The third kappa shape index (κ3) is 7.91. The molecule has 8 aromatic carbocycles. The summed E-state index contributed by atoms with van der Waals surface area (Å²) >= 11 is 0. The van der Waals surface area contributed by atoms with Crippen LogP contribution in [0.2, 0.25) is 0 Å². The Labute approximate surface area is 462 Å². The van der Waals surface area contributed by atoms with E-state index in [0.29, 0.717) is 30.1 Å². The molecule has 12 rings (SSSR count). The van der Waals surface area contributed by atoms with Gasteiger partial charge in [0.2, 0.25) is 5.69 Å². The molecular weight excluding hydrogens is 947 g/mol. The van der Waals surface area contributed by atoms with Crippen LogP contribution in [0.15, 0.2) is 194 Å². The Bertz CT molecular complexity index is 4070. The van der Waals surface area contributed by atoms with Crippen molar-refractivity contribution >= 4 is 22.1 Å². The predicted molar refractivity (Wildman–Crippen MR) is 323 cm³/mol. The summed E-state index contributed by atoms with van der Waals surface area (Å²) in [6.45, 7) is 23.3. The molecule has 1 aliphatic heterocycles. The average Bonchev–Trinajstić information content (AvgIpc) is 3.06. The van der Waals surface area contributed by atoms with Crippen molar-refractivity contribution in [2.75, 3.05) is 0 Å². The molecule has 78 heavy (non-hydrogen) atoms. The van der Waals surface area contributed by atoms with Crippen LogP contribution in [-0.2, 0) is 26.1 Å². The number of nitrogens with zero attached hydrogens (tertiary/aromatic N) is 5. The fourth-order valence-electron chi connectivity index (χ4n) is 13.3. The Morgan fingerprint density at radius 1 is 0.423 bits per heavy atom. The van der Waals surface area contributed by atoms with Gasteiger partial charge in [0.15, 0.2) is 33.8 Å². The summed E-state index contributed by atoms with van der Waals surface area (Å²) in [5.74, 6) is 3.52. The van der Waals surface area contributed by atoms with Gasteiger partial charge in [-0.1, -0.05) is 195 Å². The molecule has 0 saturated heterocycles. The highest BCUT2D eigenvalue weighted by molar-refractivity contribution is 5.86. The summed E-state index contributed by atoms with van der Waals surface area (Å²) in [5.41, 5.74) is 25.6. The number of aryl methyl sites for hydroxylation is 4. The van der Waals surface area contributed by atoms with E-state index in [1.165, 1.54) is 123 Å². The second-order valence-electron chi connectivity index (χ2n) is 23.4. The summed E-state index contributed by atoms with van der Waals surface area (Å²) in [7, 11) is 4.50. The van der Waals surface area contributed by atoms with Crippen LogP contribution < -0.4 is 13.7 Å². The van der Waals surface area contributed by atoms with Crippen LogP contribution in [0.4, 0.5) is 0 Å². The first-order chi connectivity index (χ1) is 37.7. The standard InChI is InChI=1S/C73H74N5/c1-46(2)55-30-24-31-56(47(3)4)69(55)76-65-37-21-20-36-64(65)75(12)71(76)59-28-16-18-34-62(59)73(44-54-41-40-53(52-26-14-13-15-27-52)43-61(54)68-42-50(9)51(10)45-74(68)11)63-35-19-17-29-60(63)72-77(66-38-22-23-39-67(66)78(72)73)70-57(48(5)6)32-25-33-58(70)49(7)8/h13-43,45-49H,44H2,1-12H3/q+3. The lowest BCUT2D eigenvalue weighted by Crippen LogP contribution is -2.57. The number of benzene rings is 8. The van der Waals surface area contributed by atoms with E-state index < -0.39 is 5.54 Å². The van der Waals surface area contributed by atoms with Gasteiger partial charge in [-0.15, -0.1) is 0 Å². The molecule has 1 aliphatic rings. The summed E-state index contributed by atoms with van der Waals surface area (Å²) in [5, 5.41) is 0.